The predicted molar refractivity (Wildman–Crippen MR) is 84.0 cm³/mol. The molecular weight excluding hydrogens is 282 g/mol. The van der Waals surface area contributed by atoms with Crippen LogP contribution in [0.2, 0.25) is 0 Å². The molecule has 5 heteroatoms. The molecule has 1 fully saturated rings. The second kappa shape index (κ2) is 7.82. The van der Waals surface area contributed by atoms with E-state index in [1.165, 1.54) is 0 Å². The van der Waals surface area contributed by atoms with Gasteiger partial charge in [-0.1, -0.05) is 12.1 Å². The molecule has 2 rings (SSSR count). The van der Waals surface area contributed by atoms with Crippen molar-refractivity contribution in [1.82, 2.24) is 0 Å². The van der Waals surface area contributed by atoms with Crippen LogP contribution in [0.15, 0.2) is 24.3 Å². The zero-order chi connectivity index (χ0) is 15.9. The normalized spacial score (nSPS) is 18.0. The van der Waals surface area contributed by atoms with Crippen LogP contribution < -0.4 is 4.90 Å². The number of aryl methyl sites for hydroxylation is 1. The third-order valence-corrected chi connectivity index (χ3v) is 3.97. The lowest BCUT2D eigenvalue weighted by Gasteiger charge is -2.33. The first-order valence-electron chi connectivity index (χ1n) is 7.82. The molecule has 1 aromatic rings. The Bertz CT molecular complexity index is 512. The predicted octanol–water partition coefficient (Wildman–Crippen LogP) is 2.48. The number of anilines is 1. The fraction of sp³-hybridized carbons (Fsp3) is 0.529. The standard InChI is InChI=1S/C17H23NO4/c1-2-22-17(21)14-4-3-11-18(12-14)15-8-5-13(6-9-15)7-10-16(19)20/h5-6,8-9,14H,2-4,7,10-12H2,1H3,(H,19,20). The van der Waals surface area contributed by atoms with E-state index in [0.717, 1.165) is 30.6 Å². The van der Waals surface area contributed by atoms with E-state index in [-0.39, 0.29) is 18.3 Å². The Kier molecular flexibility index (Phi) is 5.81. The zero-order valence-corrected chi connectivity index (χ0v) is 13.0. The molecule has 120 valence electrons. The van der Waals surface area contributed by atoms with Crippen molar-refractivity contribution < 1.29 is 19.4 Å². The summed E-state index contributed by atoms with van der Waals surface area (Å²) in [5.41, 5.74) is 2.10. The lowest BCUT2D eigenvalue weighted by atomic mass is 9.97. The molecule has 1 unspecified atom stereocenters. The van der Waals surface area contributed by atoms with Crippen LogP contribution >= 0.6 is 0 Å². The van der Waals surface area contributed by atoms with Crippen LogP contribution in [0.25, 0.3) is 0 Å². The molecule has 0 spiro atoms. The Morgan fingerprint density at radius 1 is 1.32 bits per heavy atom. The van der Waals surface area contributed by atoms with Crippen LogP contribution in [0.1, 0.15) is 31.7 Å². The molecule has 0 aromatic heterocycles. The van der Waals surface area contributed by atoms with Gasteiger partial charge in [-0.05, 0) is 43.9 Å². The maximum Gasteiger partial charge on any atom is 0.310 e. The second-order valence-electron chi connectivity index (χ2n) is 5.60. The van der Waals surface area contributed by atoms with Crippen LogP contribution in [-0.2, 0) is 20.7 Å². The van der Waals surface area contributed by atoms with E-state index in [4.69, 9.17) is 9.84 Å². The van der Waals surface area contributed by atoms with Crippen molar-refractivity contribution in [3.63, 3.8) is 0 Å². The molecule has 1 heterocycles. The van der Waals surface area contributed by atoms with Crippen molar-refractivity contribution >= 4 is 17.6 Å². The third kappa shape index (κ3) is 4.48. The van der Waals surface area contributed by atoms with Crippen LogP contribution in [0.5, 0.6) is 0 Å². The number of carbonyl (C=O) groups excluding carboxylic acids is 1. The van der Waals surface area contributed by atoms with Gasteiger partial charge in [-0.25, -0.2) is 0 Å². The second-order valence-corrected chi connectivity index (χ2v) is 5.60. The van der Waals surface area contributed by atoms with Crippen molar-refractivity contribution in [1.29, 1.82) is 0 Å². The summed E-state index contributed by atoms with van der Waals surface area (Å²) in [6.45, 7) is 3.87. The number of nitrogens with zero attached hydrogens (tertiary/aromatic N) is 1. The summed E-state index contributed by atoms with van der Waals surface area (Å²) in [5, 5.41) is 8.71. The van der Waals surface area contributed by atoms with Gasteiger partial charge in [0, 0.05) is 25.2 Å². The third-order valence-electron chi connectivity index (χ3n) is 3.97. The van der Waals surface area contributed by atoms with Gasteiger partial charge < -0.3 is 14.7 Å². The fourth-order valence-corrected chi connectivity index (χ4v) is 2.79. The number of carbonyl (C=O) groups is 2. The van der Waals surface area contributed by atoms with E-state index in [0.29, 0.717) is 19.6 Å². The molecule has 1 aliphatic rings. The summed E-state index contributed by atoms with van der Waals surface area (Å²) >= 11 is 0. The van der Waals surface area contributed by atoms with Crippen molar-refractivity contribution in [2.75, 3.05) is 24.6 Å². The number of esters is 1. The molecule has 0 amide bonds. The van der Waals surface area contributed by atoms with Crippen molar-refractivity contribution in [3.05, 3.63) is 29.8 Å². The summed E-state index contributed by atoms with van der Waals surface area (Å²) in [4.78, 5) is 24.7. The molecule has 1 saturated heterocycles. The highest BCUT2D eigenvalue weighted by Crippen LogP contribution is 2.24. The van der Waals surface area contributed by atoms with Gasteiger partial charge in [0.25, 0.3) is 0 Å². The average Bonchev–Trinajstić information content (AvgIpc) is 2.54. The number of aliphatic carboxylic acids is 1. The monoisotopic (exact) mass is 305 g/mol. The number of rotatable bonds is 6. The van der Waals surface area contributed by atoms with Gasteiger partial charge in [0.05, 0.1) is 12.5 Å². The van der Waals surface area contributed by atoms with Gasteiger partial charge in [0.1, 0.15) is 0 Å². The van der Waals surface area contributed by atoms with Gasteiger partial charge in [-0.15, -0.1) is 0 Å². The number of hydrogen-bond acceptors (Lipinski definition) is 4. The first kappa shape index (κ1) is 16.3. The summed E-state index contributed by atoms with van der Waals surface area (Å²) in [5.74, 6) is -0.942. The smallest absolute Gasteiger partial charge is 0.310 e. The Labute approximate surface area is 130 Å². The summed E-state index contributed by atoms with van der Waals surface area (Å²) in [7, 11) is 0. The van der Waals surface area contributed by atoms with E-state index in [1.807, 2.05) is 31.2 Å². The molecule has 1 N–H and O–H groups in total. The highest BCUT2D eigenvalue weighted by Gasteiger charge is 2.26. The van der Waals surface area contributed by atoms with E-state index in [9.17, 15) is 9.59 Å². The Morgan fingerprint density at radius 3 is 2.68 bits per heavy atom. The molecule has 1 aromatic carbocycles. The number of piperidine rings is 1. The van der Waals surface area contributed by atoms with Crippen LogP contribution in [-0.4, -0.2) is 36.7 Å². The van der Waals surface area contributed by atoms with E-state index in [2.05, 4.69) is 4.90 Å². The molecule has 22 heavy (non-hydrogen) atoms. The van der Waals surface area contributed by atoms with Gasteiger partial charge >= 0.3 is 11.9 Å². The molecule has 0 radical (unpaired) electrons. The molecular formula is C17H23NO4. The number of carboxylic acid groups (broad SMARTS) is 1. The van der Waals surface area contributed by atoms with E-state index < -0.39 is 5.97 Å². The summed E-state index contributed by atoms with van der Waals surface area (Å²) in [6.07, 6.45) is 2.55. The van der Waals surface area contributed by atoms with Crippen molar-refractivity contribution in [2.24, 2.45) is 5.92 Å². The van der Waals surface area contributed by atoms with Crippen molar-refractivity contribution in [3.8, 4) is 0 Å². The number of benzene rings is 1. The van der Waals surface area contributed by atoms with Crippen LogP contribution in [0.3, 0.4) is 0 Å². The van der Waals surface area contributed by atoms with E-state index in [1.54, 1.807) is 0 Å². The Balaban J connectivity index is 1.95. The minimum absolute atomic E-state index is 0.0552. The zero-order valence-electron chi connectivity index (χ0n) is 13.0. The number of hydrogen-bond donors (Lipinski definition) is 1. The number of carboxylic acids is 1. The molecule has 0 aliphatic carbocycles. The molecule has 0 saturated carbocycles. The van der Waals surface area contributed by atoms with Crippen LogP contribution in [0.4, 0.5) is 5.69 Å². The molecule has 5 nitrogen and oxygen atoms in total. The molecule has 1 atom stereocenters. The topological polar surface area (TPSA) is 66.8 Å². The maximum absolute atomic E-state index is 11.9. The quantitative estimate of drug-likeness (QED) is 0.818. The SMILES string of the molecule is CCOC(=O)C1CCCN(c2ccc(CCC(=O)O)cc2)C1. The number of ether oxygens (including phenoxy) is 1. The fourth-order valence-electron chi connectivity index (χ4n) is 2.79. The van der Waals surface area contributed by atoms with E-state index >= 15 is 0 Å². The lowest BCUT2D eigenvalue weighted by molar-refractivity contribution is -0.148. The summed E-state index contributed by atoms with van der Waals surface area (Å²) < 4.78 is 5.12. The van der Waals surface area contributed by atoms with Gasteiger partial charge in [-0.3, -0.25) is 9.59 Å². The average molecular weight is 305 g/mol. The Hall–Kier alpha value is -2.04. The van der Waals surface area contributed by atoms with Gasteiger partial charge in [0.15, 0.2) is 0 Å². The first-order valence-corrected chi connectivity index (χ1v) is 7.82. The lowest BCUT2D eigenvalue weighted by Crippen LogP contribution is -2.39. The first-order chi connectivity index (χ1) is 10.6. The maximum atomic E-state index is 11.9. The minimum Gasteiger partial charge on any atom is -0.481 e. The van der Waals surface area contributed by atoms with Gasteiger partial charge in [0.2, 0.25) is 0 Å². The largest absolute Gasteiger partial charge is 0.481 e. The molecule has 1 aliphatic heterocycles. The molecule has 0 bridgehead atoms. The highest BCUT2D eigenvalue weighted by atomic mass is 16.5. The van der Waals surface area contributed by atoms with Crippen LogP contribution in [0, 0.1) is 5.92 Å². The minimum atomic E-state index is -0.780. The summed E-state index contributed by atoms with van der Waals surface area (Å²) in [6, 6.07) is 7.94. The highest BCUT2D eigenvalue weighted by molar-refractivity contribution is 5.73. The van der Waals surface area contributed by atoms with Gasteiger partial charge in [-0.2, -0.15) is 0 Å². The van der Waals surface area contributed by atoms with Crippen molar-refractivity contribution in [2.45, 2.75) is 32.6 Å². The Morgan fingerprint density at radius 2 is 2.05 bits per heavy atom.